The predicted molar refractivity (Wildman–Crippen MR) is 146 cm³/mol. The number of Topliss-reactive ketones (excluding diaryl/α,β-unsaturated/α-hetero) is 1. The average molecular weight is 568 g/mol. The van der Waals surface area contributed by atoms with Gasteiger partial charge in [0.2, 0.25) is 0 Å². The smallest absolute Gasteiger partial charge is 0.189 e. The number of aromatic nitrogens is 3. The summed E-state index contributed by atoms with van der Waals surface area (Å²) >= 11 is 1.46. The molecular formula is C31H35F2N3O3S. The van der Waals surface area contributed by atoms with Crippen molar-refractivity contribution >= 4 is 17.5 Å². The number of rotatable bonds is 5. The van der Waals surface area contributed by atoms with Crippen molar-refractivity contribution in [2.24, 2.45) is 33.5 Å². The van der Waals surface area contributed by atoms with Crippen molar-refractivity contribution in [3.8, 4) is 0 Å². The van der Waals surface area contributed by atoms with Crippen LogP contribution in [0.2, 0.25) is 0 Å². The van der Waals surface area contributed by atoms with Gasteiger partial charge in [-0.15, -0.1) is 0 Å². The second-order valence-electron chi connectivity index (χ2n) is 13.3. The van der Waals surface area contributed by atoms with Gasteiger partial charge in [-0.2, -0.15) is 5.10 Å². The molecule has 8 atom stereocenters. The highest BCUT2D eigenvalue weighted by Gasteiger charge is 2.74. The van der Waals surface area contributed by atoms with E-state index in [9.17, 15) is 23.8 Å². The van der Waals surface area contributed by atoms with Crippen LogP contribution in [-0.2, 0) is 0 Å². The summed E-state index contributed by atoms with van der Waals surface area (Å²) in [6.45, 7) is 4.49. The number of halogens is 2. The minimum atomic E-state index is -1.04. The van der Waals surface area contributed by atoms with Crippen molar-refractivity contribution in [3.05, 3.63) is 65.5 Å². The van der Waals surface area contributed by atoms with E-state index in [1.165, 1.54) is 24.2 Å². The number of aromatic amines is 1. The Kier molecular flexibility index (Phi) is 5.69. The molecule has 0 amide bonds. The number of nitrogens with one attached hydrogen (secondary N) is 1. The number of benzene rings is 1. The molecule has 8 rings (SSSR count). The number of aliphatic hydroxyl groups is 2. The molecule has 3 fully saturated rings. The Bertz CT molecular complexity index is 1450. The minimum Gasteiger partial charge on any atom is -0.393 e. The summed E-state index contributed by atoms with van der Waals surface area (Å²) in [6, 6.07) is 3.39. The lowest BCUT2D eigenvalue weighted by Gasteiger charge is -2.71. The Morgan fingerprint density at radius 3 is 2.58 bits per heavy atom. The summed E-state index contributed by atoms with van der Waals surface area (Å²) in [7, 11) is 0. The van der Waals surface area contributed by atoms with Crippen molar-refractivity contribution in [2.75, 3.05) is 5.75 Å². The third-order valence-electron chi connectivity index (χ3n) is 12.0. The number of thioether (sulfide) groups is 1. The summed E-state index contributed by atoms with van der Waals surface area (Å²) < 4.78 is 28.2. The molecule has 1 heterocycles. The van der Waals surface area contributed by atoms with Gasteiger partial charge < -0.3 is 10.2 Å². The Balaban J connectivity index is 1.36. The fourth-order valence-corrected chi connectivity index (χ4v) is 10.9. The molecule has 1 aromatic heterocycles. The zero-order valence-corrected chi connectivity index (χ0v) is 23.6. The number of aliphatic hydroxyl groups excluding tert-OH is 1. The molecule has 40 heavy (non-hydrogen) atoms. The van der Waals surface area contributed by atoms with Crippen LogP contribution in [0.1, 0.15) is 69.2 Å². The van der Waals surface area contributed by atoms with Gasteiger partial charge in [0.1, 0.15) is 6.33 Å². The Labute approximate surface area is 236 Å². The van der Waals surface area contributed by atoms with Crippen LogP contribution in [0.25, 0.3) is 0 Å². The summed E-state index contributed by atoms with van der Waals surface area (Å²) in [5, 5.41) is 30.5. The summed E-state index contributed by atoms with van der Waals surface area (Å²) in [6.07, 6.45) is 12.7. The molecule has 6 aliphatic carbocycles. The van der Waals surface area contributed by atoms with E-state index < -0.39 is 39.6 Å². The zero-order valence-electron chi connectivity index (χ0n) is 22.8. The molecule has 6 nitrogen and oxygen atoms in total. The second-order valence-corrected chi connectivity index (χ2v) is 14.3. The molecule has 212 valence electrons. The molecule has 3 N–H and O–H groups in total. The molecule has 0 radical (unpaired) electrons. The first-order valence-corrected chi connectivity index (χ1v) is 15.3. The molecule has 3 saturated carbocycles. The number of hydrogen-bond donors (Lipinski definition) is 3. The van der Waals surface area contributed by atoms with Crippen LogP contribution < -0.4 is 0 Å². The number of hydrogen-bond acceptors (Lipinski definition) is 6. The van der Waals surface area contributed by atoms with E-state index >= 15 is 0 Å². The molecule has 6 aliphatic rings. The van der Waals surface area contributed by atoms with Gasteiger partial charge in [-0.25, -0.2) is 13.8 Å². The van der Waals surface area contributed by atoms with E-state index in [4.69, 9.17) is 0 Å². The lowest BCUT2D eigenvalue weighted by atomic mass is 9.32. The Hall–Kier alpha value is -2.36. The van der Waals surface area contributed by atoms with Crippen LogP contribution in [0.5, 0.6) is 0 Å². The van der Waals surface area contributed by atoms with Crippen LogP contribution in [0.4, 0.5) is 8.78 Å². The first-order chi connectivity index (χ1) is 19.0. The Morgan fingerprint density at radius 1 is 1.07 bits per heavy atom. The standard InChI is InChI=1S/C31H35F2N3O3S/c1-27-8-5-19(37)14-29(27)11-12-31(20(15-29)25(38)18-3-4-21(32)22(33)13-18)23(27)6-9-28(2)24(31)7-10-30(28,39)16-40-26-34-17-35-36-26/h3-4,11-13,15,17,19,23-24,37,39H,5-10,14,16H2,1-2H3,(H,34,35,36)/t19?,23-,24-,27-,28+,29+,30-,31-/m1/s1. The normalized spacial score (nSPS) is 43.1. The molecular weight excluding hydrogens is 532 g/mol. The maximum Gasteiger partial charge on any atom is 0.189 e. The first-order valence-electron chi connectivity index (χ1n) is 14.3. The highest BCUT2D eigenvalue weighted by atomic mass is 32.2. The third kappa shape index (κ3) is 3.25. The predicted octanol–water partition coefficient (Wildman–Crippen LogP) is 5.65. The molecule has 2 spiro atoms. The number of nitrogens with zero attached hydrogens (tertiary/aromatic N) is 2. The molecule has 2 bridgehead atoms. The number of allylic oxidation sites excluding steroid dienone is 4. The van der Waals surface area contributed by atoms with Crippen molar-refractivity contribution in [2.45, 2.75) is 75.7 Å². The van der Waals surface area contributed by atoms with E-state index in [2.05, 4.69) is 47.3 Å². The quantitative estimate of drug-likeness (QED) is 0.245. The van der Waals surface area contributed by atoms with Crippen LogP contribution in [0.15, 0.2) is 53.5 Å². The van der Waals surface area contributed by atoms with Crippen LogP contribution in [0, 0.1) is 45.1 Å². The van der Waals surface area contributed by atoms with E-state index in [0.717, 1.165) is 44.2 Å². The first kappa shape index (κ1) is 26.5. The Morgan fingerprint density at radius 2 is 1.82 bits per heavy atom. The third-order valence-corrected chi connectivity index (χ3v) is 13.1. The van der Waals surface area contributed by atoms with Crippen molar-refractivity contribution < 1.29 is 23.8 Å². The fourth-order valence-electron chi connectivity index (χ4n) is 9.82. The van der Waals surface area contributed by atoms with E-state index in [0.29, 0.717) is 29.3 Å². The van der Waals surface area contributed by atoms with Crippen LogP contribution in [0.3, 0.4) is 0 Å². The van der Waals surface area contributed by atoms with Crippen molar-refractivity contribution in [3.63, 3.8) is 0 Å². The SMILES string of the molecule is C[C@]12CC[C@H]3[C@]4(C=C[C@@]5(C=C4C(=O)c4ccc(F)c(F)c4)CC(O)CC[C@]35C)[C@@H]1CC[C@@]2(O)CSc1ncn[nH]1. The van der Waals surface area contributed by atoms with Crippen molar-refractivity contribution in [1.29, 1.82) is 0 Å². The van der Waals surface area contributed by atoms with E-state index in [1.807, 2.05) is 0 Å². The number of carbonyl (C=O) groups excluding carboxylic acids is 1. The second kappa shape index (κ2) is 8.58. The highest BCUT2D eigenvalue weighted by molar-refractivity contribution is 7.99. The molecule has 9 heteroatoms. The van der Waals surface area contributed by atoms with E-state index in [1.54, 1.807) is 0 Å². The minimum absolute atomic E-state index is 0.0159. The zero-order chi connectivity index (χ0) is 28.1. The van der Waals surface area contributed by atoms with Gasteiger partial charge in [-0.05, 0) is 80.4 Å². The monoisotopic (exact) mass is 567 g/mol. The maximum absolute atomic E-state index is 14.4. The van der Waals surface area contributed by atoms with E-state index in [-0.39, 0.29) is 28.6 Å². The van der Waals surface area contributed by atoms with Crippen molar-refractivity contribution in [1.82, 2.24) is 15.2 Å². The summed E-state index contributed by atoms with van der Waals surface area (Å²) in [5.41, 5.74) is -1.98. The maximum atomic E-state index is 14.4. The van der Waals surface area contributed by atoms with Gasteiger partial charge in [0.25, 0.3) is 0 Å². The van der Waals surface area contributed by atoms with Gasteiger partial charge in [0.05, 0.1) is 11.7 Å². The van der Waals surface area contributed by atoms with Gasteiger partial charge >= 0.3 is 0 Å². The molecule has 2 aromatic rings. The molecule has 1 unspecified atom stereocenters. The molecule has 0 saturated heterocycles. The number of fused-ring (bicyclic) bond motifs is 1. The molecule has 1 aromatic carbocycles. The van der Waals surface area contributed by atoms with Crippen LogP contribution >= 0.6 is 11.8 Å². The molecule has 0 aliphatic heterocycles. The summed E-state index contributed by atoms with van der Waals surface area (Å²) in [5.74, 6) is -1.73. The lowest BCUT2D eigenvalue weighted by Crippen LogP contribution is -2.67. The largest absolute Gasteiger partial charge is 0.393 e. The van der Waals surface area contributed by atoms with Gasteiger partial charge in [-0.3, -0.25) is 9.89 Å². The number of ketones is 1. The summed E-state index contributed by atoms with van der Waals surface area (Å²) in [4.78, 5) is 18.6. The number of H-pyrrole nitrogens is 1. The average Bonchev–Trinajstić information content (AvgIpc) is 3.55. The van der Waals surface area contributed by atoms with Crippen LogP contribution in [-0.4, -0.2) is 48.6 Å². The van der Waals surface area contributed by atoms with Gasteiger partial charge in [0.15, 0.2) is 22.6 Å². The van der Waals surface area contributed by atoms with Gasteiger partial charge in [-0.1, -0.05) is 43.8 Å². The fraction of sp³-hybridized carbons (Fsp3) is 0.581. The van der Waals surface area contributed by atoms with Gasteiger partial charge in [0, 0.05) is 33.1 Å². The highest BCUT2D eigenvalue weighted by Crippen LogP contribution is 2.78. The lowest BCUT2D eigenvalue weighted by molar-refractivity contribution is -0.166. The topological polar surface area (TPSA) is 99.1 Å². The number of carbonyl (C=O) groups is 1.